The first-order valence-corrected chi connectivity index (χ1v) is 7.01. The Hall–Kier alpha value is -2.51. The number of piperidine rings is 1. The van der Waals surface area contributed by atoms with Crippen LogP contribution in [0.1, 0.15) is 29.5 Å². The van der Waals surface area contributed by atoms with Crippen LogP contribution in [-0.4, -0.2) is 41.0 Å². The van der Waals surface area contributed by atoms with Gasteiger partial charge in [0.2, 0.25) is 0 Å². The molecule has 1 saturated heterocycles. The number of carbonyl (C=O) groups excluding carboxylic acids is 2. The molecule has 2 unspecified atom stereocenters. The van der Waals surface area contributed by atoms with Crippen molar-refractivity contribution in [2.24, 2.45) is 17.6 Å². The molecule has 0 aliphatic carbocycles. The highest BCUT2D eigenvalue weighted by Gasteiger charge is 2.32. The molecule has 0 aromatic carbocycles. The fourth-order valence-corrected chi connectivity index (χ4v) is 2.57. The van der Waals surface area contributed by atoms with E-state index in [1.54, 1.807) is 4.90 Å². The van der Waals surface area contributed by atoms with E-state index in [2.05, 4.69) is 5.32 Å². The summed E-state index contributed by atoms with van der Waals surface area (Å²) in [6.07, 6.45) is 1.68. The Bertz CT molecular complexity index is 583. The van der Waals surface area contributed by atoms with Crippen LogP contribution in [0.15, 0.2) is 16.7 Å². The molecule has 1 aliphatic rings. The van der Waals surface area contributed by atoms with E-state index >= 15 is 0 Å². The van der Waals surface area contributed by atoms with Crippen molar-refractivity contribution >= 4 is 17.9 Å². The van der Waals surface area contributed by atoms with Gasteiger partial charge in [0.25, 0.3) is 5.91 Å². The number of primary amides is 1. The average Bonchev–Trinajstić information content (AvgIpc) is 2.93. The van der Waals surface area contributed by atoms with Gasteiger partial charge < -0.3 is 25.5 Å². The Morgan fingerprint density at radius 1 is 1.50 bits per heavy atom. The summed E-state index contributed by atoms with van der Waals surface area (Å²) in [5.74, 6) is -1.49. The molecule has 0 spiro atoms. The molecule has 8 nitrogen and oxygen atoms in total. The monoisotopic (exact) mass is 309 g/mol. The molecular weight excluding hydrogens is 290 g/mol. The molecule has 2 atom stereocenters. The van der Waals surface area contributed by atoms with Gasteiger partial charge in [-0.05, 0) is 18.4 Å². The second-order valence-electron chi connectivity index (χ2n) is 5.48. The molecule has 22 heavy (non-hydrogen) atoms. The highest BCUT2D eigenvalue weighted by molar-refractivity contribution is 5.92. The van der Waals surface area contributed by atoms with Crippen LogP contribution < -0.4 is 11.1 Å². The van der Waals surface area contributed by atoms with Gasteiger partial charge in [0.15, 0.2) is 0 Å². The number of furan rings is 1. The van der Waals surface area contributed by atoms with E-state index in [9.17, 15) is 14.4 Å². The number of urea groups is 1. The molecule has 1 aromatic rings. The number of aliphatic carboxylic acids is 1. The van der Waals surface area contributed by atoms with Gasteiger partial charge in [0.1, 0.15) is 12.0 Å². The van der Waals surface area contributed by atoms with Crippen LogP contribution in [0.3, 0.4) is 0 Å². The zero-order valence-electron chi connectivity index (χ0n) is 12.2. The Balaban J connectivity index is 1.85. The largest absolute Gasteiger partial charge is 0.481 e. The van der Waals surface area contributed by atoms with Crippen LogP contribution in [0.25, 0.3) is 0 Å². The molecule has 2 heterocycles. The number of likely N-dealkylation sites (tertiary alicyclic amines) is 1. The third-order valence-corrected chi connectivity index (χ3v) is 3.86. The van der Waals surface area contributed by atoms with Crippen molar-refractivity contribution in [1.29, 1.82) is 0 Å². The molecule has 0 radical (unpaired) electrons. The van der Waals surface area contributed by atoms with Crippen LogP contribution in [0.5, 0.6) is 0 Å². The summed E-state index contributed by atoms with van der Waals surface area (Å²) in [6.45, 7) is 2.76. The lowest BCUT2D eigenvalue weighted by Gasteiger charge is -2.34. The quantitative estimate of drug-likeness (QED) is 0.752. The van der Waals surface area contributed by atoms with Gasteiger partial charge in [0, 0.05) is 13.1 Å². The minimum atomic E-state index is -0.817. The number of carboxylic acids is 1. The van der Waals surface area contributed by atoms with Crippen molar-refractivity contribution in [3.63, 3.8) is 0 Å². The summed E-state index contributed by atoms with van der Waals surface area (Å²) in [5, 5.41) is 11.7. The lowest BCUT2D eigenvalue weighted by atomic mass is 9.87. The first-order chi connectivity index (χ1) is 10.4. The molecule has 1 aromatic heterocycles. The van der Waals surface area contributed by atoms with Crippen molar-refractivity contribution in [3.8, 4) is 0 Å². The molecular formula is C14H19N3O5. The van der Waals surface area contributed by atoms with Gasteiger partial charge in [-0.3, -0.25) is 9.59 Å². The van der Waals surface area contributed by atoms with E-state index in [1.165, 1.54) is 12.3 Å². The van der Waals surface area contributed by atoms with E-state index < -0.39 is 17.8 Å². The first-order valence-electron chi connectivity index (χ1n) is 7.01. The number of carbonyl (C=O) groups is 3. The molecule has 8 heteroatoms. The topological polar surface area (TPSA) is 126 Å². The Morgan fingerprint density at radius 3 is 2.77 bits per heavy atom. The Morgan fingerprint density at radius 2 is 2.23 bits per heavy atom. The average molecular weight is 309 g/mol. The molecule has 1 fully saturated rings. The molecule has 1 aliphatic heterocycles. The summed E-state index contributed by atoms with van der Waals surface area (Å²) >= 11 is 0. The Labute approximate surface area is 127 Å². The molecule has 3 amide bonds. The van der Waals surface area contributed by atoms with Gasteiger partial charge in [-0.2, -0.15) is 0 Å². The van der Waals surface area contributed by atoms with Gasteiger partial charge in [0.05, 0.1) is 18.0 Å². The maximum atomic E-state index is 12.1. The van der Waals surface area contributed by atoms with E-state index in [4.69, 9.17) is 15.3 Å². The minimum absolute atomic E-state index is 0.0953. The third-order valence-electron chi connectivity index (χ3n) is 3.86. The number of hydrogen-bond donors (Lipinski definition) is 3. The van der Waals surface area contributed by atoms with Gasteiger partial charge in [-0.25, -0.2) is 4.79 Å². The molecule has 4 N–H and O–H groups in total. The summed E-state index contributed by atoms with van der Waals surface area (Å²) in [5.41, 5.74) is 5.36. The van der Waals surface area contributed by atoms with Gasteiger partial charge >= 0.3 is 12.0 Å². The number of hydrogen-bond acceptors (Lipinski definition) is 4. The van der Waals surface area contributed by atoms with E-state index in [1.807, 2.05) is 6.92 Å². The molecule has 0 saturated carbocycles. The number of rotatable bonds is 4. The fraction of sp³-hybridized carbons (Fsp3) is 0.500. The second-order valence-corrected chi connectivity index (χ2v) is 5.48. The predicted molar refractivity (Wildman–Crippen MR) is 75.9 cm³/mol. The molecule has 120 valence electrons. The number of nitrogens with one attached hydrogen (secondary N) is 1. The number of nitrogens with zero attached hydrogens (tertiary/aromatic N) is 1. The van der Waals surface area contributed by atoms with Crippen LogP contribution in [0.4, 0.5) is 4.79 Å². The number of nitrogens with two attached hydrogens (primary N) is 1. The summed E-state index contributed by atoms with van der Waals surface area (Å²) in [6, 6.07) is 1.19. The van der Waals surface area contributed by atoms with Crippen LogP contribution >= 0.6 is 0 Å². The lowest BCUT2D eigenvalue weighted by molar-refractivity contribution is -0.145. The van der Waals surface area contributed by atoms with Crippen LogP contribution in [-0.2, 0) is 11.3 Å². The highest BCUT2D eigenvalue weighted by atomic mass is 16.4. The third kappa shape index (κ3) is 3.57. The lowest BCUT2D eigenvalue weighted by Crippen LogP contribution is -2.48. The zero-order chi connectivity index (χ0) is 16.3. The number of carboxylic acid groups (broad SMARTS) is 1. The first kappa shape index (κ1) is 15.9. The van der Waals surface area contributed by atoms with Crippen LogP contribution in [0, 0.1) is 11.8 Å². The van der Waals surface area contributed by atoms with E-state index in [-0.39, 0.29) is 24.1 Å². The zero-order valence-corrected chi connectivity index (χ0v) is 12.2. The van der Waals surface area contributed by atoms with E-state index in [0.29, 0.717) is 25.3 Å². The SMILES string of the molecule is CC1CN(C(=O)NCc2cc(C(N)=O)co2)CCC1C(=O)O. The maximum absolute atomic E-state index is 12.1. The van der Waals surface area contributed by atoms with Crippen molar-refractivity contribution in [1.82, 2.24) is 10.2 Å². The Kier molecular flexibility index (Phi) is 4.69. The normalized spacial score (nSPS) is 21.4. The van der Waals surface area contributed by atoms with Crippen molar-refractivity contribution in [3.05, 3.63) is 23.7 Å². The number of amides is 3. The van der Waals surface area contributed by atoms with Gasteiger partial charge in [-0.15, -0.1) is 0 Å². The summed E-state index contributed by atoms with van der Waals surface area (Å²) < 4.78 is 5.12. The fourth-order valence-electron chi connectivity index (χ4n) is 2.57. The standard InChI is InChI=1S/C14H19N3O5/c1-8-6-17(3-2-11(8)13(19)20)14(21)16-5-10-4-9(7-22-10)12(15)18/h4,7-8,11H,2-3,5-6H2,1H3,(H2,15,18)(H,16,21)(H,19,20). The highest BCUT2D eigenvalue weighted by Crippen LogP contribution is 2.23. The second kappa shape index (κ2) is 6.50. The van der Waals surface area contributed by atoms with E-state index in [0.717, 1.165) is 0 Å². The van der Waals surface area contributed by atoms with Crippen molar-refractivity contribution in [2.45, 2.75) is 19.9 Å². The smallest absolute Gasteiger partial charge is 0.317 e. The predicted octanol–water partition coefficient (Wildman–Crippen LogP) is 0.631. The molecule has 0 bridgehead atoms. The minimum Gasteiger partial charge on any atom is -0.481 e. The van der Waals surface area contributed by atoms with Crippen LogP contribution in [0.2, 0.25) is 0 Å². The maximum Gasteiger partial charge on any atom is 0.317 e. The van der Waals surface area contributed by atoms with Gasteiger partial charge in [-0.1, -0.05) is 6.92 Å². The van der Waals surface area contributed by atoms with Crippen molar-refractivity contribution in [2.75, 3.05) is 13.1 Å². The summed E-state index contributed by atoms with van der Waals surface area (Å²) in [4.78, 5) is 35.6. The molecule has 2 rings (SSSR count). The van der Waals surface area contributed by atoms with Crippen molar-refractivity contribution < 1.29 is 23.9 Å². The summed E-state index contributed by atoms with van der Waals surface area (Å²) in [7, 11) is 0.